The van der Waals surface area contributed by atoms with Crippen LogP contribution in [-0.4, -0.2) is 24.0 Å². The van der Waals surface area contributed by atoms with E-state index >= 15 is 0 Å². The Bertz CT molecular complexity index is 407. The molecule has 0 fully saturated rings. The molecule has 100 valence electrons. The molecule has 0 aliphatic carbocycles. The summed E-state index contributed by atoms with van der Waals surface area (Å²) in [5, 5.41) is 8.81. The molecular weight excluding hydrogens is 226 g/mol. The summed E-state index contributed by atoms with van der Waals surface area (Å²) in [6.45, 7) is 6.03. The fourth-order valence-electron chi connectivity index (χ4n) is 2.10. The monoisotopic (exact) mass is 249 g/mol. The van der Waals surface area contributed by atoms with Crippen LogP contribution in [0.5, 0.6) is 0 Å². The Hall–Kier alpha value is -1.31. The number of rotatable bonds is 6. The van der Waals surface area contributed by atoms with Crippen LogP contribution in [0.3, 0.4) is 0 Å². The van der Waals surface area contributed by atoms with Gasteiger partial charge in [-0.15, -0.1) is 0 Å². The lowest BCUT2D eigenvalue weighted by Gasteiger charge is -2.34. The van der Waals surface area contributed by atoms with E-state index in [1.54, 1.807) is 0 Å². The molecule has 0 saturated heterocycles. The zero-order valence-corrected chi connectivity index (χ0v) is 11.7. The van der Waals surface area contributed by atoms with Crippen LogP contribution >= 0.6 is 0 Å². The van der Waals surface area contributed by atoms with Crippen LogP contribution in [0.25, 0.3) is 0 Å². The van der Waals surface area contributed by atoms with Crippen LogP contribution in [-0.2, 0) is 0 Å². The molecular formula is C14H23N3O. The Kier molecular flexibility index (Phi) is 5.39. The number of nitrogens with zero attached hydrogens (tertiary/aromatic N) is 2. The van der Waals surface area contributed by atoms with Crippen molar-refractivity contribution >= 4 is 0 Å². The van der Waals surface area contributed by atoms with Gasteiger partial charge < -0.3 is 10.2 Å². The minimum absolute atomic E-state index is 0.00157. The lowest BCUT2D eigenvalue weighted by molar-refractivity contribution is 0.139. The molecule has 1 rings (SSSR count). The van der Waals surface area contributed by atoms with E-state index in [2.05, 4.69) is 17.9 Å². The van der Waals surface area contributed by atoms with Gasteiger partial charge >= 0.3 is 0 Å². The quantitative estimate of drug-likeness (QED) is 0.841. The van der Waals surface area contributed by atoms with Crippen LogP contribution in [0.15, 0.2) is 16.5 Å². The summed E-state index contributed by atoms with van der Waals surface area (Å²) in [4.78, 5) is 2.13. The van der Waals surface area contributed by atoms with Crippen molar-refractivity contribution in [3.63, 3.8) is 0 Å². The number of aryl methyl sites for hydroxylation is 1. The summed E-state index contributed by atoms with van der Waals surface area (Å²) >= 11 is 0. The van der Waals surface area contributed by atoms with Gasteiger partial charge in [-0.05, 0) is 39.4 Å². The van der Waals surface area contributed by atoms with Crippen molar-refractivity contribution in [2.75, 3.05) is 7.05 Å². The highest BCUT2D eigenvalue weighted by atomic mass is 16.3. The highest BCUT2D eigenvalue weighted by molar-refractivity contribution is 5.12. The summed E-state index contributed by atoms with van der Waals surface area (Å²) in [5.41, 5.74) is 6.21. The second-order valence-corrected chi connectivity index (χ2v) is 4.84. The Labute approximate surface area is 109 Å². The molecule has 0 bridgehead atoms. The molecule has 0 amide bonds. The van der Waals surface area contributed by atoms with Crippen LogP contribution in [0.4, 0.5) is 0 Å². The molecule has 4 nitrogen and oxygen atoms in total. The maximum absolute atomic E-state index is 8.81. The smallest absolute Gasteiger partial charge is 0.122 e. The number of nitrogens with two attached hydrogens (primary N) is 1. The van der Waals surface area contributed by atoms with Crippen molar-refractivity contribution in [1.29, 1.82) is 5.26 Å². The van der Waals surface area contributed by atoms with E-state index in [-0.39, 0.29) is 18.1 Å². The first kappa shape index (κ1) is 14.7. The molecule has 0 aromatic carbocycles. The molecule has 0 aliphatic heterocycles. The van der Waals surface area contributed by atoms with Crippen molar-refractivity contribution in [1.82, 2.24) is 4.90 Å². The largest absolute Gasteiger partial charge is 0.465 e. The second-order valence-electron chi connectivity index (χ2n) is 4.84. The van der Waals surface area contributed by atoms with Gasteiger partial charge in [0.25, 0.3) is 0 Å². The average molecular weight is 249 g/mol. The number of hydrogen-bond acceptors (Lipinski definition) is 4. The molecule has 0 aliphatic rings. The van der Waals surface area contributed by atoms with E-state index in [0.29, 0.717) is 6.42 Å². The number of nitriles is 1. The SMILES string of the molecule is CCC(N)C(c1ccc(C)o1)N(C)C(C)CC#N. The van der Waals surface area contributed by atoms with Crippen LogP contribution in [0.1, 0.15) is 44.3 Å². The molecule has 1 heterocycles. The minimum Gasteiger partial charge on any atom is -0.465 e. The third kappa shape index (κ3) is 3.34. The van der Waals surface area contributed by atoms with Crippen molar-refractivity contribution in [3.8, 4) is 6.07 Å². The zero-order chi connectivity index (χ0) is 13.7. The molecule has 0 radical (unpaired) electrons. The fourth-order valence-corrected chi connectivity index (χ4v) is 2.10. The van der Waals surface area contributed by atoms with Gasteiger partial charge in [0.15, 0.2) is 0 Å². The van der Waals surface area contributed by atoms with Crippen molar-refractivity contribution in [2.45, 2.75) is 51.7 Å². The third-order valence-electron chi connectivity index (χ3n) is 3.45. The molecule has 2 N–H and O–H groups in total. The topological polar surface area (TPSA) is 66.2 Å². The summed E-state index contributed by atoms with van der Waals surface area (Å²) in [6, 6.07) is 6.31. The number of likely N-dealkylation sites (N-methyl/N-ethyl adjacent to an activating group) is 1. The van der Waals surface area contributed by atoms with E-state index in [1.807, 2.05) is 33.0 Å². The van der Waals surface area contributed by atoms with E-state index < -0.39 is 0 Å². The van der Waals surface area contributed by atoms with Gasteiger partial charge in [-0.25, -0.2) is 0 Å². The van der Waals surface area contributed by atoms with E-state index in [0.717, 1.165) is 17.9 Å². The first-order valence-corrected chi connectivity index (χ1v) is 6.42. The molecule has 0 spiro atoms. The van der Waals surface area contributed by atoms with E-state index in [9.17, 15) is 0 Å². The number of hydrogen-bond donors (Lipinski definition) is 1. The Balaban J connectivity index is 2.95. The lowest BCUT2D eigenvalue weighted by Crippen LogP contribution is -2.42. The van der Waals surface area contributed by atoms with Gasteiger partial charge in [0, 0.05) is 12.1 Å². The van der Waals surface area contributed by atoms with Gasteiger partial charge in [0.2, 0.25) is 0 Å². The predicted molar refractivity (Wildman–Crippen MR) is 71.9 cm³/mol. The standard InChI is InChI=1S/C14H23N3O/c1-5-12(16)14(13-7-6-11(3)18-13)17(4)10(2)8-9-15/h6-7,10,12,14H,5,8,16H2,1-4H3. The van der Waals surface area contributed by atoms with Gasteiger partial charge in [-0.1, -0.05) is 6.92 Å². The summed E-state index contributed by atoms with van der Waals surface area (Å²) in [7, 11) is 2.00. The second kappa shape index (κ2) is 6.58. The van der Waals surface area contributed by atoms with Crippen molar-refractivity contribution < 1.29 is 4.42 Å². The maximum atomic E-state index is 8.81. The van der Waals surface area contributed by atoms with Crippen LogP contribution in [0.2, 0.25) is 0 Å². The average Bonchev–Trinajstić information content (AvgIpc) is 2.75. The maximum Gasteiger partial charge on any atom is 0.122 e. The molecule has 3 atom stereocenters. The minimum atomic E-state index is 0.00157. The normalized spacial score (nSPS) is 16.3. The number of furan rings is 1. The molecule has 0 saturated carbocycles. The van der Waals surface area contributed by atoms with Gasteiger partial charge in [-0.2, -0.15) is 5.26 Å². The highest BCUT2D eigenvalue weighted by Crippen LogP contribution is 2.27. The third-order valence-corrected chi connectivity index (χ3v) is 3.45. The molecule has 18 heavy (non-hydrogen) atoms. The molecule has 4 heteroatoms. The van der Waals surface area contributed by atoms with Crippen LogP contribution in [0, 0.1) is 18.3 Å². The first-order valence-electron chi connectivity index (χ1n) is 6.42. The zero-order valence-electron chi connectivity index (χ0n) is 11.7. The Morgan fingerprint density at radius 2 is 2.17 bits per heavy atom. The summed E-state index contributed by atoms with van der Waals surface area (Å²) in [5.74, 6) is 1.77. The fraction of sp³-hybridized carbons (Fsp3) is 0.643. The van der Waals surface area contributed by atoms with Gasteiger partial charge in [-0.3, -0.25) is 4.90 Å². The molecule has 3 unspecified atom stereocenters. The Morgan fingerprint density at radius 1 is 1.50 bits per heavy atom. The summed E-state index contributed by atoms with van der Waals surface area (Å²) in [6.07, 6.45) is 1.36. The van der Waals surface area contributed by atoms with Gasteiger partial charge in [0.1, 0.15) is 11.5 Å². The molecule has 1 aromatic heterocycles. The Morgan fingerprint density at radius 3 is 2.61 bits per heavy atom. The summed E-state index contributed by atoms with van der Waals surface area (Å²) < 4.78 is 5.71. The highest BCUT2D eigenvalue weighted by Gasteiger charge is 2.28. The van der Waals surface area contributed by atoms with Crippen molar-refractivity contribution in [3.05, 3.63) is 23.7 Å². The predicted octanol–water partition coefficient (Wildman–Crippen LogP) is 2.60. The molecule has 1 aromatic rings. The van der Waals surface area contributed by atoms with Crippen molar-refractivity contribution in [2.24, 2.45) is 5.73 Å². The van der Waals surface area contributed by atoms with E-state index in [1.165, 1.54) is 0 Å². The van der Waals surface area contributed by atoms with Gasteiger partial charge in [0.05, 0.1) is 18.5 Å². The lowest BCUT2D eigenvalue weighted by atomic mass is 10.0. The van der Waals surface area contributed by atoms with E-state index in [4.69, 9.17) is 15.4 Å². The van der Waals surface area contributed by atoms with Crippen LogP contribution < -0.4 is 5.73 Å². The first-order chi connectivity index (χ1) is 8.51.